The quantitative estimate of drug-likeness (QED) is 0.553. The van der Waals surface area contributed by atoms with Gasteiger partial charge in [-0.3, -0.25) is 10.1 Å². The first kappa shape index (κ1) is 16.1. The fraction of sp³-hybridized carbons (Fsp3) is 0.267. The van der Waals surface area contributed by atoms with Crippen LogP contribution in [0.15, 0.2) is 24.5 Å². The number of anilines is 2. The molecule has 24 heavy (non-hydrogen) atoms. The Labute approximate surface area is 141 Å². The van der Waals surface area contributed by atoms with Crippen LogP contribution in [0.1, 0.15) is 19.4 Å². The van der Waals surface area contributed by atoms with Crippen LogP contribution < -0.4 is 10.1 Å². The molecule has 2 heterocycles. The Hall–Kier alpha value is -2.81. The smallest absolute Gasteiger partial charge is 0.373 e. The molecule has 0 saturated heterocycles. The van der Waals surface area contributed by atoms with Gasteiger partial charge in [-0.1, -0.05) is 23.5 Å². The molecule has 0 aliphatic rings. The van der Waals surface area contributed by atoms with Crippen molar-refractivity contribution in [2.75, 3.05) is 5.32 Å². The first-order valence-corrected chi connectivity index (χ1v) is 8.06. The van der Waals surface area contributed by atoms with Crippen LogP contribution in [0.5, 0.6) is 5.88 Å². The van der Waals surface area contributed by atoms with Gasteiger partial charge >= 0.3 is 5.69 Å². The molecule has 0 amide bonds. The minimum atomic E-state index is -0.557. The highest BCUT2D eigenvalue weighted by Gasteiger charge is 2.26. The third-order valence-corrected chi connectivity index (χ3v) is 4.10. The van der Waals surface area contributed by atoms with Crippen LogP contribution in [0.3, 0.4) is 0 Å². The van der Waals surface area contributed by atoms with Crippen LogP contribution in [-0.4, -0.2) is 26.0 Å². The summed E-state index contributed by atoms with van der Waals surface area (Å²) in [5, 5.41) is 14.9. The molecule has 0 saturated carbocycles. The van der Waals surface area contributed by atoms with Crippen LogP contribution in [0.2, 0.25) is 0 Å². The van der Waals surface area contributed by atoms with Gasteiger partial charge in [0, 0.05) is 0 Å². The van der Waals surface area contributed by atoms with E-state index in [1.807, 2.05) is 25.1 Å². The average molecular weight is 345 g/mol. The fourth-order valence-corrected chi connectivity index (χ4v) is 3.11. The van der Waals surface area contributed by atoms with Gasteiger partial charge in [0.05, 0.1) is 21.2 Å². The highest BCUT2D eigenvalue weighted by Crippen LogP contribution is 2.35. The number of aromatic nitrogens is 3. The molecule has 0 bridgehead atoms. The Balaban J connectivity index is 2.02. The zero-order chi connectivity index (χ0) is 17.3. The van der Waals surface area contributed by atoms with Crippen molar-refractivity contribution in [2.24, 2.45) is 0 Å². The maximum absolute atomic E-state index is 11.4. The number of thiazole rings is 1. The number of aryl methyl sites for hydroxylation is 1. The number of nitrogens with zero attached hydrogens (tertiary/aromatic N) is 4. The molecule has 9 heteroatoms. The monoisotopic (exact) mass is 345 g/mol. The fourth-order valence-electron chi connectivity index (χ4n) is 2.17. The lowest BCUT2D eigenvalue weighted by Crippen LogP contribution is -2.10. The van der Waals surface area contributed by atoms with Gasteiger partial charge in [-0.15, -0.1) is 0 Å². The lowest BCUT2D eigenvalue weighted by Gasteiger charge is -2.10. The Morgan fingerprint density at radius 3 is 2.79 bits per heavy atom. The standard InChI is InChI=1S/C15H15N5O3S/c1-8(2)23-14-12(20(21)22)13(16-7-17-14)19-15-18-11-9(3)5-4-6-10(11)24-15/h4-8H,1-3H3,(H,16,17,18,19). The Morgan fingerprint density at radius 1 is 1.33 bits per heavy atom. The largest absolute Gasteiger partial charge is 0.470 e. The second-order valence-corrected chi connectivity index (χ2v) is 6.40. The summed E-state index contributed by atoms with van der Waals surface area (Å²) in [7, 11) is 0. The molecule has 0 unspecified atom stereocenters. The Morgan fingerprint density at radius 2 is 2.12 bits per heavy atom. The predicted octanol–water partition coefficient (Wildman–Crippen LogP) is 3.83. The number of nitrogens with one attached hydrogen (secondary N) is 1. The highest BCUT2D eigenvalue weighted by molar-refractivity contribution is 7.22. The van der Waals surface area contributed by atoms with E-state index in [1.54, 1.807) is 13.8 Å². The summed E-state index contributed by atoms with van der Waals surface area (Å²) < 4.78 is 6.41. The van der Waals surface area contributed by atoms with Gasteiger partial charge in [0.2, 0.25) is 5.82 Å². The minimum Gasteiger partial charge on any atom is -0.470 e. The summed E-state index contributed by atoms with van der Waals surface area (Å²) in [4.78, 5) is 23.2. The minimum absolute atomic E-state index is 0.0577. The zero-order valence-electron chi connectivity index (χ0n) is 13.3. The van der Waals surface area contributed by atoms with Crippen molar-refractivity contribution < 1.29 is 9.66 Å². The van der Waals surface area contributed by atoms with Gasteiger partial charge in [0.1, 0.15) is 6.33 Å². The molecule has 0 spiro atoms. The van der Waals surface area contributed by atoms with Gasteiger partial charge in [-0.2, -0.15) is 4.98 Å². The van der Waals surface area contributed by atoms with Crippen molar-refractivity contribution in [3.05, 3.63) is 40.2 Å². The molecule has 3 rings (SSSR count). The van der Waals surface area contributed by atoms with Crippen LogP contribution in [0.25, 0.3) is 10.2 Å². The van der Waals surface area contributed by atoms with Crippen molar-refractivity contribution in [2.45, 2.75) is 26.9 Å². The van der Waals surface area contributed by atoms with Crippen LogP contribution >= 0.6 is 11.3 Å². The number of ether oxygens (including phenoxy) is 1. The third-order valence-electron chi connectivity index (χ3n) is 3.16. The predicted molar refractivity (Wildman–Crippen MR) is 92.1 cm³/mol. The van der Waals surface area contributed by atoms with Crippen molar-refractivity contribution in [3.8, 4) is 5.88 Å². The lowest BCUT2D eigenvalue weighted by atomic mass is 10.2. The molecule has 8 nitrogen and oxygen atoms in total. The second kappa shape index (κ2) is 6.36. The zero-order valence-corrected chi connectivity index (χ0v) is 14.1. The molecule has 0 aliphatic heterocycles. The van der Waals surface area contributed by atoms with Gasteiger partial charge in [-0.25, -0.2) is 9.97 Å². The Bertz CT molecular complexity index is 909. The van der Waals surface area contributed by atoms with E-state index in [0.717, 1.165) is 15.8 Å². The van der Waals surface area contributed by atoms with E-state index in [1.165, 1.54) is 17.7 Å². The summed E-state index contributed by atoms with van der Waals surface area (Å²) in [5.74, 6) is -0.00727. The van der Waals surface area contributed by atoms with E-state index in [-0.39, 0.29) is 23.5 Å². The lowest BCUT2D eigenvalue weighted by molar-refractivity contribution is -0.385. The van der Waals surface area contributed by atoms with Crippen molar-refractivity contribution in [1.29, 1.82) is 0 Å². The number of benzene rings is 1. The van der Waals surface area contributed by atoms with E-state index in [4.69, 9.17) is 4.74 Å². The normalized spacial score (nSPS) is 11.0. The first-order chi connectivity index (χ1) is 11.5. The molecule has 0 atom stereocenters. The summed E-state index contributed by atoms with van der Waals surface area (Å²) >= 11 is 1.40. The molecule has 124 valence electrons. The molecule has 0 fully saturated rings. The van der Waals surface area contributed by atoms with Gasteiger partial charge in [0.15, 0.2) is 5.13 Å². The summed E-state index contributed by atoms with van der Waals surface area (Å²) in [6.07, 6.45) is 0.988. The van der Waals surface area contributed by atoms with E-state index in [2.05, 4.69) is 20.3 Å². The summed E-state index contributed by atoms with van der Waals surface area (Å²) in [6, 6.07) is 5.86. The summed E-state index contributed by atoms with van der Waals surface area (Å²) in [6.45, 7) is 5.51. The third kappa shape index (κ3) is 3.11. The molecule has 1 N–H and O–H groups in total. The average Bonchev–Trinajstić information content (AvgIpc) is 2.90. The van der Waals surface area contributed by atoms with E-state index in [9.17, 15) is 10.1 Å². The number of hydrogen-bond acceptors (Lipinski definition) is 8. The Kier molecular flexibility index (Phi) is 4.26. The van der Waals surface area contributed by atoms with Gasteiger partial charge in [-0.05, 0) is 32.4 Å². The van der Waals surface area contributed by atoms with E-state index < -0.39 is 4.92 Å². The van der Waals surface area contributed by atoms with Gasteiger partial charge < -0.3 is 10.1 Å². The van der Waals surface area contributed by atoms with Crippen molar-refractivity contribution >= 4 is 38.2 Å². The highest BCUT2D eigenvalue weighted by atomic mass is 32.1. The summed E-state index contributed by atoms with van der Waals surface area (Å²) in [5.41, 5.74) is 1.60. The van der Waals surface area contributed by atoms with Crippen molar-refractivity contribution in [3.63, 3.8) is 0 Å². The first-order valence-electron chi connectivity index (χ1n) is 7.25. The second-order valence-electron chi connectivity index (χ2n) is 5.37. The molecule has 0 radical (unpaired) electrons. The number of para-hydroxylation sites is 1. The molecular weight excluding hydrogens is 330 g/mol. The van der Waals surface area contributed by atoms with E-state index in [0.29, 0.717) is 5.13 Å². The molecule has 2 aromatic heterocycles. The topological polar surface area (TPSA) is 103 Å². The van der Waals surface area contributed by atoms with Crippen LogP contribution in [0.4, 0.5) is 16.6 Å². The van der Waals surface area contributed by atoms with Crippen LogP contribution in [-0.2, 0) is 0 Å². The number of fused-ring (bicyclic) bond motifs is 1. The molecular formula is C15H15N5O3S. The molecule has 3 aromatic rings. The number of rotatable bonds is 5. The number of nitro groups is 1. The van der Waals surface area contributed by atoms with Gasteiger partial charge in [0.25, 0.3) is 5.88 Å². The number of hydrogen-bond donors (Lipinski definition) is 1. The van der Waals surface area contributed by atoms with Crippen LogP contribution in [0, 0.1) is 17.0 Å². The maximum atomic E-state index is 11.4. The molecule has 1 aromatic carbocycles. The molecule has 0 aliphatic carbocycles. The van der Waals surface area contributed by atoms with E-state index >= 15 is 0 Å². The van der Waals surface area contributed by atoms with Crippen molar-refractivity contribution in [1.82, 2.24) is 15.0 Å². The SMILES string of the molecule is Cc1cccc2sc(Nc3ncnc(OC(C)C)c3[N+](=O)[O-])nc12. The maximum Gasteiger partial charge on any atom is 0.373 e.